The van der Waals surface area contributed by atoms with Gasteiger partial charge in [-0.05, 0) is 19.1 Å². The van der Waals surface area contributed by atoms with Crippen molar-refractivity contribution in [2.24, 2.45) is 0 Å². The molecule has 1 saturated heterocycles. The van der Waals surface area contributed by atoms with Crippen molar-refractivity contribution in [1.29, 1.82) is 0 Å². The molecule has 0 saturated carbocycles. The van der Waals surface area contributed by atoms with Gasteiger partial charge in [0.15, 0.2) is 0 Å². The SMILES string of the molecule is C[C@@H]1CCO[P+]([O-])(Nc2ccccc2)O1. The van der Waals surface area contributed by atoms with Crippen molar-refractivity contribution in [1.82, 2.24) is 0 Å². The van der Waals surface area contributed by atoms with Crippen LogP contribution in [0.5, 0.6) is 0 Å². The summed E-state index contributed by atoms with van der Waals surface area (Å²) in [4.78, 5) is 12.1. The van der Waals surface area contributed by atoms with Crippen molar-refractivity contribution >= 4 is 13.8 Å². The second-order valence-electron chi connectivity index (χ2n) is 3.51. The van der Waals surface area contributed by atoms with E-state index in [0.29, 0.717) is 6.61 Å². The van der Waals surface area contributed by atoms with Gasteiger partial charge in [-0.1, -0.05) is 18.2 Å². The molecule has 0 radical (unpaired) electrons. The average molecular weight is 227 g/mol. The van der Waals surface area contributed by atoms with Crippen molar-refractivity contribution in [2.45, 2.75) is 19.4 Å². The van der Waals surface area contributed by atoms with Gasteiger partial charge in [-0.15, -0.1) is 0 Å². The van der Waals surface area contributed by atoms with Crippen molar-refractivity contribution in [3.63, 3.8) is 0 Å². The third-order valence-corrected chi connectivity index (χ3v) is 3.84. The van der Waals surface area contributed by atoms with Gasteiger partial charge in [-0.2, -0.15) is 9.05 Å². The number of hydrogen-bond acceptors (Lipinski definition) is 4. The summed E-state index contributed by atoms with van der Waals surface area (Å²) in [7, 11) is -3.14. The molecular formula is C10H14NO3P. The first-order chi connectivity index (χ1) is 7.18. The lowest BCUT2D eigenvalue weighted by molar-refractivity contribution is -0.227. The molecule has 2 rings (SSSR count). The highest BCUT2D eigenvalue weighted by Crippen LogP contribution is 2.55. The maximum atomic E-state index is 12.1. The maximum Gasteiger partial charge on any atom is 0.336 e. The molecule has 15 heavy (non-hydrogen) atoms. The van der Waals surface area contributed by atoms with E-state index in [0.717, 1.165) is 12.1 Å². The molecule has 0 spiro atoms. The average Bonchev–Trinajstić information content (AvgIpc) is 2.18. The summed E-state index contributed by atoms with van der Waals surface area (Å²) in [6, 6.07) is 9.27. The van der Waals surface area contributed by atoms with Crippen LogP contribution in [0.1, 0.15) is 13.3 Å². The number of hydrogen-bond donors (Lipinski definition) is 1. The smallest absolute Gasteiger partial charge is 0.336 e. The normalized spacial score (nSPS) is 31.2. The second kappa shape index (κ2) is 4.45. The van der Waals surface area contributed by atoms with E-state index in [4.69, 9.17) is 9.05 Å². The Morgan fingerprint density at radius 2 is 2.13 bits per heavy atom. The van der Waals surface area contributed by atoms with Crippen LogP contribution < -0.4 is 9.98 Å². The summed E-state index contributed by atoms with van der Waals surface area (Å²) in [5.41, 5.74) is 0.745. The molecule has 2 atom stereocenters. The summed E-state index contributed by atoms with van der Waals surface area (Å²) < 4.78 is 10.5. The van der Waals surface area contributed by atoms with E-state index in [1.165, 1.54) is 0 Å². The van der Waals surface area contributed by atoms with Crippen LogP contribution in [0.25, 0.3) is 0 Å². The lowest BCUT2D eigenvalue weighted by Crippen LogP contribution is -2.31. The zero-order valence-corrected chi connectivity index (χ0v) is 9.44. The molecule has 1 aliphatic rings. The van der Waals surface area contributed by atoms with Crippen molar-refractivity contribution in [3.05, 3.63) is 30.3 Å². The zero-order valence-electron chi connectivity index (χ0n) is 8.55. The van der Waals surface area contributed by atoms with Crippen molar-refractivity contribution in [2.75, 3.05) is 11.7 Å². The Bertz CT molecular complexity index is 322. The summed E-state index contributed by atoms with van der Waals surface area (Å²) in [5.74, 6) is 0. The van der Waals surface area contributed by atoms with Crippen LogP contribution in [0.3, 0.4) is 0 Å². The van der Waals surface area contributed by atoms with E-state index < -0.39 is 8.09 Å². The topological polar surface area (TPSA) is 53.5 Å². The molecular weight excluding hydrogens is 213 g/mol. The molecule has 1 aliphatic heterocycles. The lowest BCUT2D eigenvalue weighted by atomic mass is 10.3. The highest BCUT2D eigenvalue weighted by molar-refractivity contribution is 7.60. The van der Waals surface area contributed by atoms with Crippen LogP contribution in [-0.4, -0.2) is 12.7 Å². The number of nitrogens with one attached hydrogen (secondary N) is 1. The Hall–Kier alpha value is -0.670. The van der Waals surface area contributed by atoms with Crippen LogP contribution in [0.4, 0.5) is 5.69 Å². The number of benzene rings is 1. The minimum absolute atomic E-state index is 0.0270. The van der Waals surface area contributed by atoms with Gasteiger partial charge in [0, 0.05) is 6.42 Å². The number of anilines is 1. The molecule has 1 N–H and O–H groups in total. The first kappa shape index (κ1) is 10.8. The first-order valence-corrected chi connectivity index (χ1v) is 6.48. The van der Waals surface area contributed by atoms with Gasteiger partial charge in [0.25, 0.3) is 0 Å². The summed E-state index contributed by atoms with van der Waals surface area (Å²) >= 11 is 0. The van der Waals surface area contributed by atoms with Gasteiger partial charge in [0.2, 0.25) is 0 Å². The van der Waals surface area contributed by atoms with E-state index in [1.807, 2.05) is 37.3 Å². The molecule has 0 amide bonds. The fourth-order valence-corrected chi connectivity index (χ4v) is 2.96. The molecule has 1 fully saturated rings. The summed E-state index contributed by atoms with van der Waals surface area (Å²) in [6.07, 6.45) is 0.751. The van der Waals surface area contributed by atoms with Crippen molar-refractivity contribution < 1.29 is 13.9 Å². The fourth-order valence-electron chi connectivity index (χ4n) is 1.39. The van der Waals surface area contributed by atoms with Crippen molar-refractivity contribution in [3.8, 4) is 0 Å². The minimum atomic E-state index is -3.14. The van der Waals surface area contributed by atoms with Crippen LogP contribution >= 0.6 is 8.09 Å². The third kappa shape index (κ3) is 2.89. The van der Waals surface area contributed by atoms with Gasteiger partial charge in [0.1, 0.15) is 6.10 Å². The highest BCUT2D eigenvalue weighted by atomic mass is 31.2. The Kier molecular flexibility index (Phi) is 3.22. The lowest BCUT2D eigenvalue weighted by Gasteiger charge is -2.33. The Morgan fingerprint density at radius 1 is 1.40 bits per heavy atom. The predicted octanol–water partition coefficient (Wildman–Crippen LogP) is 1.96. The Balaban J connectivity index is 2.04. The largest absolute Gasteiger partial charge is 0.612 e. The van der Waals surface area contributed by atoms with Gasteiger partial charge in [-0.25, -0.2) is 5.09 Å². The second-order valence-corrected chi connectivity index (χ2v) is 5.20. The molecule has 5 heteroatoms. The highest BCUT2D eigenvalue weighted by Gasteiger charge is 2.37. The van der Waals surface area contributed by atoms with Gasteiger partial charge in [0.05, 0.1) is 12.3 Å². The first-order valence-electron chi connectivity index (χ1n) is 4.94. The quantitative estimate of drug-likeness (QED) is 0.785. The summed E-state index contributed by atoms with van der Waals surface area (Å²) in [6.45, 7) is 2.36. The Morgan fingerprint density at radius 3 is 2.80 bits per heavy atom. The number of para-hydroxylation sites is 1. The van der Waals surface area contributed by atoms with Gasteiger partial charge >= 0.3 is 8.09 Å². The van der Waals surface area contributed by atoms with Gasteiger partial charge < -0.3 is 4.89 Å². The van der Waals surface area contributed by atoms with E-state index in [1.54, 1.807) is 0 Å². The number of rotatable bonds is 2. The molecule has 1 aromatic rings. The molecule has 1 aromatic carbocycles. The monoisotopic (exact) mass is 227 g/mol. The predicted molar refractivity (Wildman–Crippen MR) is 58.1 cm³/mol. The molecule has 1 heterocycles. The molecule has 0 aliphatic carbocycles. The molecule has 0 bridgehead atoms. The van der Waals surface area contributed by atoms with Crippen LogP contribution in [0, 0.1) is 0 Å². The molecule has 0 aromatic heterocycles. The van der Waals surface area contributed by atoms with E-state index in [-0.39, 0.29) is 6.10 Å². The molecule has 1 unspecified atom stereocenters. The molecule has 82 valence electrons. The summed E-state index contributed by atoms with van der Waals surface area (Å²) in [5, 5.41) is 2.80. The van der Waals surface area contributed by atoms with Gasteiger partial charge in [-0.3, -0.25) is 0 Å². The Labute approximate surface area is 89.9 Å². The van der Waals surface area contributed by atoms with E-state index in [9.17, 15) is 4.89 Å². The third-order valence-electron chi connectivity index (χ3n) is 2.14. The van der Waals surface area contributed by atoms with E-state index in [2.05, 4.69) is 5.09 Å². The van der Waals surface area contributed by atoms with E-state index >= 15 is 0 Å². The van der Waals surface area contributed by atoms with Crippen LogP contribution in [0.15, 0.2) is 30.3 Å². The molecule has 4 nitrogen and oxygen atoms in total. The zero-order chi connectivity index (χ0) is 10.7. The fraction of sp³-hybridized carbons (Fsp3) is 0.400. The van der Waals surface area contributed by atoms with Crippen LogP contribution in [0.2, 0.25) is 0 Å². The standard InChI is InChI=1S/C10H14NO3P/c1-9-7-8-13-15(12,14-9)11-10-5-3-2-4-6-10/h2-6,9H,7-8H2,1H3,(H,11,12)/t9-,15?/m1/s1. The van der Waals surface area contributed by atoms with Crippen LogP contribution in [-0.2, 0) is 9.05 Å². The minimum Gasteiger partial charge on any atom is -0.612 e. The maximum absolute atomic E-state index is 12.1.